The molecule has 2 aliphatic carbocycles. The number of nitrogens with zero attached hydrogens (tertiary/aromatic N) is 3. The van der Waals surface area contributed by atoms with E-state index in [1.54, 1.807) is 12.1 Å². The molecule has 1 aliphatic heterocycles. The third-order valence-corrected chi connectivity index (χ3v) is 10.3. The first kappa shape index (κ1) is 27.8. The lowest BCUT2D eigenvalue weighted by atomic mass is 9.76. The average Bonchev–Trinajstić information content (AvgIpc) is 3.74. The maximum atomic E-state index is 13.7. The van der Waals surface area contributed by atoms with Crippen LogP contribution in [0.3, 0.4) is 0 Å². The number of carbonyl (C=O) groups is 1. The molecule has 3 atom stereocenters. The van der Waals surface area contributed by atoms with Gasteiger partial charge in [-0.05, 0) is 68.0 Å². The summed E-state index contributed by atoms with van der Waals surface area (Å²) in [5.74, 6) is 0.991. The average molecular weight is 579 g/mol. The van der Waals surface area contributed by atoms with E-state index < -0.39 is 16.6 Å². The molecule has 3 aliphatic rings. The van der Waals surface area contributed by atoms with Gasteiger partial charge in [0.15, 0.2) is 0 Å². The Morgan fingerprint density at radius 2 is 1.68 bits per heavy atom. The number of oxazole rings is 1. The minimum absolute atomic E-state index is 0.106. The lowest BCUT2D eigenvalue weighted by Gasteiger charge is -2.41. The fourth-order valence-corrected chi connectivity index (χ4v) is 7.25. The molecule has 216 valence electrons. The summed E-state index contributed by atoms with van der Waals surface area (Å²) in [5.41, 5.74) is 3.15. The van der Waals surface area contributed by atoms with Crippen LogP contribution in [-0.2, 0) is 4.79 Å². The maximum absolute atomic E-state index is 13.7. The van der Waals surface area contributed by atoms with Crippen LogP contribution in [0.1, 0.15) is 50.2 Å². The van der Waals surface area contributed by atoms with Crippen LogP contribution in [-0.4, -0.2) is 50.6 Å². The Kier molecular flexibility index (Phi) is 7.77. The van der Waals surface area contributed by atoms with Crippen molar-refractivity contribution in [3.8, 4) is 28.8 Å². The molecule has 10 heteroatoms. The van der Waals surface area contributed by atoms with Crippen molar-refractivity contribution in [1.82, 2.24) is 10.3 Å². The summed E-state index contributed by atoms with van der Waals surface area (Å²) >= 11 is 0. The highest BCUT2D eigenvalue weighted by Crippen LogP contribution is 2.45. The van der Waals surface area contributed by atoms with E-state index in [-0.39, 0.29) is 29.5 Å². The van der Waals surface area contributed by atoms with Crippen molar-refractivity contribution < 1.29 is 22.7 Å². The van der Waals surface area contributed by atoms with Crippen molar-refractivity contribution in [2.45, 2.75) is 50.5 Å². The van der Waals surface area contributed by atoms with E-state index in [4.69, 9.17) is 9.40 Å². The van der Waals surface area contributed by atoms with Crippen LogP contribution in [0.5, 0.6) is 0 Å². The minimum Gasteiger partial charge on any atom is -0.440 e. The maximum Gasteiger partial charge on any atom is 0.226 e. The Labute approximate surface area is 240 Å². The van der Waals surface area contributed by atoms with Crippen molar-refractivity contribution in [3.63, 3.8) is 0 Å². The molecule has 1 aromatic heterocycles. The molecule has 1 amide bonds. The molecular formula is C31H35FN4O4S. The number of nitriles is 1. The molecule has 2 heterocycles. The van der Waals surface area contributed by atoms with Crippen molar-refractivity contribution in [2.75, 3.05) is 29.5 Å². The van der Waals surface area contributed by atoms with Crippen LogP contribution >= 0.6 is 10.6 Å². The van der Waals surface area contributed by atoms with Crippen LogP contribution in [0.15, 0.2) is 52.9 Å². The minimum atomic E-state index is -2.48. The second-order valence-corrected chi connectivity index (χ2v) is 13.9. The molecule has 3 fully saturated rings. The number of aromatic nitrogens is 1. The smallest absolute Gasteiger partial charge is 0.226 e. The van der Waals surface area contributed by atoms with Crippen LogP contribution < -0.4 is 10.2 Å². The number of hydrogen-bond acceptors (Lipinski definition) is 7. The van der Waals surface area contributed by atoms with E-state index in [0.717, 1.165) is 43.4 Å². The van der Waals surface area contributed by atoms with Crippen LogP contribution in [0.25, 0.3) is 22.7 Å². The zero-order valence-electron chi connectivity index (χ0n) is 22.8. The SMILES string of the molecule is N#CC(NC(=O)[C@@H]1CCCC[C@H]1c1oc(-c2ccc(F)cc2)nc1-c1ccc(N2CCS(O)(O)CC2)cc1)C1CC1. The van der Waals surface area contributed by atoms with E-state index in [1.165, 1.54) is 12.1 Å². The summed E-state index contributed by atoms with van der Waals surface area (Å²) in [6, 6.07) is 15.8. The molecular weight excluding hydrogens is 543 g/mol. The van der Waals surface area contributed by atoms with Crippen LogP contribution in [0.2, 0.25) is 0 Å². The lowest BCUT2D eigenvalue weighted by Crippen LogP contribution is -2.42. The zero-order chi connectivity index (χ0) is 28.6. The van der Waals surface area contributed by atoms with Crippen molar-refractivity contribution in [3.05, 3.63) is 60.1 Å². The van der Waals surface area contributed by atoms with Crippen LogP contribution in [0.4, 0.5) is 10.1 Å². The van der Waals surface area contributed by atoms with Gasteiger partial charge in [0.05, 0.1) is 17.6 Å². The van der Waals surface area contributed by atoms with Crippen molar-refractivity contribution in [2.24, 2.45) is 11.8 Å². The van der Waals surface area contributed by atoms with Gasteiger partial charge in [0.25, 0.3) is 0 Å². The number of benzene rings is 2. The molecule has 6 rings (SSSR count). The number of carbonyl (C=O) groups excluding carboxylic acids is 1. The highest BCUT2D eigenvalue weighted by atomic mass is 32.3. The second kappa shape index (κ2) is 11.5. The fraction of sp³-hybridized carbons (Fsp3) is 0.452. The molecule has 2 saturated carbocycles. The number of amides is 1. The standard InChI is InChI=1S/C31H35FN4O4S/c32-23-11-7-22(8-12-23)31-35-28(21-9-13-24(14-10-21)36-15-17-41(38,39)18-16-36)29(40-31)25-3-1-2-4-26(25)30(37)34-27(19-33)20-5-6-20/h7-14,20,25-27,38-39H,1-6,15-18H2,(H,34,37)/t25-,26-,27?/m1/s1. The first-order chi connectivity index (χ1) is 19.8. The van der Waals surface area contributed by atoms with Gasteiger partial charge < -0.3 is 14.6 Å². The fourth-order valence-electron chi connectivity index (χ4n) is 6.02. The van der Waals surface area contributed by atoms with Gasteiger partial charge in [0, 0.05) is 41.7 Å². The predicted octanol–water partition coefficient (Wildman–Crippen LogP) is 6.41. The molecule has 1 saturated heterocycles. The van der Waals surface area contributed by atoms with Crippen molar-refractivity contribution >= 4 is 22.2 Å². The monoisotopic (exact) mass is 578 g/mol. The van der Waals surface area contributed by atoms with E-state index in [9.17, 15) is 23.6 Å². The van der Waals surface area contributed by atoms with E-state index in [0.29, 0.717) is 53.9 Å². The molecule has 41 heavy (non-hydrogen) atoms. The van der Waals surface area contributed by atoms with Gasteiger partial charge in [-0.2, -0.15) is 15.9 Å². The summed E-state index contributed by atoms with van der Waals surface area (Å²) < 4.78 is 40.1. The van der Waals surface area contributed by atoms with E-state index >= 15 is 0 Å². The molecule has 0 spiro atoms. The Bertz CT molecular complexity index is 1420. The quantitative estimate of drug-likeness (QED) is 0.296. The lowest BCUT2D eigenvalue weighted by molar-refractivity contribution is -0.127. The summed E-state index contributed by atoms with van der Waals surface area (Å²) in [6.45, 7) is 1.16. The molecule has 3 N–H and O–H groups in total. The number of nitrogens with one attached hydrogen (secondary N) is 1. The normalized spacial score (nSPS) is 23.8. The Balaban J connectivity index is 1.33. The molecule has 0 radical (unpaired) electrons. The molecule has 2 aromatic carbocycles. The van der Waals surface area contributed by atoms with Gasteiger partial charge in [-0.1, -0.05) is 25.0 Å². The highest BCUT2D eigenvalue weighted by molar-refractivity contribution is 8.24. The summed E-state index contributed by atoms with van der Waals surface area (Å²) in [6.07, 6.45) is 5.29. The Morgan fingerprint density at radius 1 is 1.02 bits per heavy atom. The first-order valence-corrected chi connectivity index (χ1v) is 16.3. The van der Waals surface area contributed by atoms with Crippen LogP contribution in [0, 0.1) is 29.0 Å². The molecule has 1 unspecified atom stereocenters. The Hall–Kier alpha value is -3.39. The summed E-state index contributed by atoms with van der Waals surface area (Å²) in [4.78, 5) is 20.5. The van der Waals surface area contributed by atoms with Crippen molar-refractivity contribution in [1.29, 1.82) is 5.26 Å². The van der Waals surface area contributed by atoms with Gasteiger partial charge in [-0.3, -0.25) is 13.9 Å². The number of anilines is 1. The van der Waals surface area contributed by atoms with Gasteiger partial charge >= 0.3 is 0 Å². The van der Waals surface area contributed by atoms with Gasteiger partial charge in [-0.25, -0.2) is 9.37 Å². The van der Waals surface area contributed by atoms with Gasteiger partial charge in [0.1, 0.15) is 23.3 Å². The second-order valence-electron chi connectivity index (χ2n) is 11.4. The molecule has 3 aromatic rings. The number of halogens is 1. The number of rotatable bonds is 7. The summed E-state index contributed by atoms with van der Waals surface area (Å²) in [5, 5.41) is 12.6. The van der Waals surface area contributed by atoms with Gasteiger partial charge in [-0.15, -0.1) is 0 Å². The van der Waals surface area contributed by atoms with Gasteiger partial charge in [0.2, 0.25) is 11.8 Å². The Morgan fingerprint density at radius 3 is 2.34 bits per heavy atom. The van der Waals surface area contributed by atoms with E-state index in [2.05, 4.69) is 16.3 Å². The zero-order valence-corrected chi connectivity index (χ0v) is 23.7. The largest absolute Gasteiger partial charge is 0.440 e. The number of hydrogen-bond donors (Lipinski definition) is 3. The first-order valence-electron chi connectivity index (χ1n) is 14.4. The third kappa shape index (κ3) is 6.13. The predicted molar refractivity (Wildman–Crippen MR) is 157 cm³/mol. The topological polar surface area (TPSA) is 123 Å². The molecule has 0 bridgehead atoms. The van der Waals surface area contributed by atoms with E-state index in [1.807, 2.05) is 24.3 Å². The highest BCUT2D eigenvalue weighted by Gasteiger charge is 2.40. The third-order valence-electron chi connectivity index (χ3n) is 8.60. The summed E-state index contributed by atoms with van der Waals surface area (Å²) in [7, 11) is -2.48. The molecule has 8 nitrogen and oxygen atoms in total.